The molecule has 1 aromatic heterocycles. The molecule has 0 saturated heterocycles. The highest BCUT2D eigenvalue weighted by atomic mass is 16.4. The molecule has 5 nitrogen and oxygen atoms in total. The van der Waals surface area contributed by atoms with Crippen LogP contribution in [-0.2, 0) is 4.79 Å². The van der Waals surface area contributed by atoms with Gasteiger partial charge in [0.25, 0.3) is 0 Å². The molecule has 0 aliphatic heterocycles. The van der Waals surface area contributed by atoms with Crippen molar-refractivity contribution < 1.29 is 14.3 Å². The van der Waals surface area contributed by atoms with Crippen molar-refractivity contribution in [2.24, 2.45) is 0 Å². The molecule has 0 atom stereocenters. The highest BCUT2D eigenvalue weighted by molar-refractivity contribution is 5.94. The van der Waals surface area contributed by atoms with Gasteiger partial charge in [0, 0.05) is 12.1 Å². The third-order valence-electron chi connectivity index (χ3n) is 2.33. The van der Waals surface area contributed by atoms with Gasteiger partial charge in [-0.25, -0.2) is 4.79 Å². The molecule has 88 valence electrons. The molecule has 0 aliphatic carbocycles. The summed E-state index contributed by atoms with van der Waals surface area (Å²) in [6.07, 6.45) is 0.369. The zero-order valence-electron chi connectivity index (χ0n) is 9.19. The van der Waals surface area contributed by atoms with Gasteiger partial charge in [0.05, 0.1) is 11.5 Å². The van der Waals surface area contributed by atoms with E-state index in [1.807, 2.05) is 0 Å². The standard InChI is InChI=1S/C12H11NO4/c1-2-11(15)13-7-3-4-10-8(5-7)9(14)6-12(16)17-10/h3-6,14H,2H2,1H3,(H,13,15). The van der Waals surface area contributed by atoms with Gasteiger partial charge in [-0.1, -0.05) is 6.92 Å². The topological polar surface area (TPSA) is 79.5 Å². The molecule has 2 aromatic rings. The number of carbonyl (C=O) groups is 1. The molecule has 0 aliphatic rings. The minimum absolute atomic E-state index is 0.124. The Morgan fingerprint density at radius 3 is 2.88 bits per heavy atom. The smallest absolute Gasteiger partial charge is 0.339 e. The van der Waals surface area contributed by atoms with Crippen LogP contribution in [0.15, 0.2) is 33.5 Å². The van der Waals surface area contributed by atoms with Crippen LogP contribution in [0.1, 0.15) is 13.3 Å². The quantitative estimate of drug-likeness (QED) is 0.776. The van der Waals surface area contributed by atoms with Crippen LogP contribution in [0.5, 0.6) is 5.75 Å². The molecule has 0 spiro atoms. The molecule has 0 radical (unpaired) electrons. The highest BCUT2D eigenvalue weighted by Crippen LogP contribution is 2.25. The van der Waals surface area contributed by atoms with Gasteiger partial charge in [0.1, 0.15) is 11.3 Å². The predicted octanol–water partition coefficient (Wildman–Crippen LogP) is 1.85. The molecule has 2 rings (SSSR count). The van der Waals surface area contributed by atoms with Crippen LogP contribution in [0, 0.1) is 0 Å². The molecule has 2 N–H and O–H groups in total. The van der Waals surface area contributed by atoms with E-state index < -0.39 is 5.63 Å². The lowest BCUT2D eigenvalue weighted by molar-refractivity contribution is -0.115. The number of hydrogen-bond donors (Lipinski definition) is 2. The summed E-state index contributed by atoms with van der Waals surface area (Å²) in [4.78, 5) is 22.2. The van der Waals surface area contributed by atoms with Crippen molar-refractivity contribution in [1.29, 1.82) is 0 Å². The minimum atomic E-state index is -0.611. The number of aromatic hydroxyl groups is 1. The summed E-state index contributed by atoms with van der Waals surface area (Å²) in [5, 5.41) is 12.6. The molecular formula is C12H11NO4. The van der Waals surface area contributed by atoms with Crippen LogP contribution >= 0.6 is 0 Å². The largest absolute Gasteiger partial charge is 0.507 e. The fourth-order valence-corrected chi connectivity index (χ4v) is 1.47. The number of benzene rings is 1. The maximum atomic E-state index is 11.2. The van der Waals surface area contributed by atoms with E-state index in [1.165, 1.54) is 6.07 Å². The van der Waals surface area contributed by atoms with E-state index >= 15 is 0 Å². The highest BCUT2D eigenvalue weighted by Gasteiger charge is 2.06. The van der Waals surface area contributed by atoms with E-state index in [1.54, 1.807) is 19.1 Å². The van der Waals surface area contributed by atoms with Gasteiger partial charge in [0.15, 0.2) is 0 Å². The van der Waals surface area contributed by atoms with Crippen molar-refractivity contribution in [2.75, 3.05) is 5.32 Å². The summed E-state index contributed by atoms with van der Waals surface area (Å²) >= 11 is 0. The average Bonchev–Trinajstić information content (AvgIpc) is 2.29. The summed E-state index contributed by atoms with van der Waals surface area (Å²) in [7, 11) is 0. The number of amides is 1. The van der Waals surface area contributed by atoms with Gasteiger partial charge in [-0.15, -0.1) is 0 Å². The van der Waals surface area contributed by atoms with Crippen LogP contribution in [0.25, 0.3) is 11.0 Å². The number of rotatable bonds is 2. The number of carbonyl (C=O) groups excluding carboxylic acids is 1. The molecule has 1 heterocycles. The van der Waals surface area contributed by atoms with E-state index in [0.29, 0.717) is 17.5 Å². The van der Waals surface area contributed by atoms with Gasteiger partial charge in [-0.2, -0.15) is 0 Å². The van der Waals surface area contributed by atoms with Crippen molar-refractivity contribution in [3.8, 4) is 5.75 Å². The van der Waals surface area contributed by atoms with Crippen LogP contribution in [0.4, 0.5) is 5.69 Å². The molecule has 0 unspecified atom stereocenters. The zero-order valence-corrected chi connectivity index (χ0v) is 9.19. The SMILES string of the molecule is CCC(=O)Nc1ccc2oc(=O)cc(O)c2c1. The molecule has 17 heavy (non-hydrogen) atoms. The van der Waals surface area contributed by atoms with E-state index in [9.17, 15) is 14.7 Å². The minimum Gasteiger partial charge on any atom is -0.507 e. The lowest BCUT2D eigenvalue weighted by atomic mass is 10.2. The van der Waals surface area contributed by atoms with Crippen molar-refractivity contribution in [2.45, 2.75) is 13.3 Å². The Kier molecular flexibility index (Phi) is 2.82. The van der Waals surface area contributed by atoms with Crippen molar-refractivity contribution >= 4 is 22.6 Å². The monoisotopic (exact) mass is 233 g/mol. The molecule has 5 heteroatoms. The first-order valence-corrected chi connectivity index (χ1v) is 5.17. The van der Waals surface area contributed by atoms with Gasteiger partial charge in [-0.3, -0.25) is 4.79 Å². The second-order valence-electron chi connectivity index (χ2n) is 3.56. The third kappa shape index (κ3) is 2.28. The summed E-state index contributed by atoms with van der Waals surface area (Å²) in [5.41, 5.74) is 0.221. The second-order valence-corrected chi connectivity index (χ2v) is 3.56. The first kappa shape index (κ1) is 11.2. The lowest BCUT2D eigenvalue weighted by Gasteiger charge is -2.05. The average molecular weight is 233 g/mol. The van der Waals surface area contributed by atoms with Crippen LogP contribution < -0.4 is 10.9 Å². The van der Waals surface area contributed by atoms with E-state index in [4.69, 9.17) is 4.42 Å². The number of anilines is 1. The van der Waals surface area contributed by atoms with E-state index in [0.717, 1.165) is 6.07 Å². The summed E-state index contributed by atoms with van der Waals surface area (Å²) < 4.78 is 4.90. The Bertz CT molecular complexity index is 630. The maximum absolute atomic E-state index is 11.2. The molecule has 0 saturated carbocycles. The van der Waals surface area contributed by atoms with Crippen LogP contribution in [-0.4, -0.2) is 11.0 Å². The fraction of sp³-hybridized carbons (Fsp3) is 0.167. The van der Waals surface area contributed by atoms with Gasteiger partial charge < -0.3 is 14.8 Å². The summed E-state index contributed by atoms with van der Waals surface area (Å²) in [6, 6.07) is 5.69. The molecule has 1 aromatic carbocycles. The number of nitrogens with one attached hydrogen (secondary N) is 1. The molecule has 0 fully saturated rings. The fourth-order valence-electron chi connectivity index (χ4n) is 1.47. The predicted molar refractivity (Wildman–Crippen MR) is 63.1 cm³/mol. The molecule has 0 bridgehead atoms. The number of hydrogen-bond acceptors (Lipinski definition) is 4. The van der Waals surface area contributed by atoms with Gasteiger partial charge in [-0.05, 0) is 18.2 Å². The Hall–Kier alpha value is -2.30. The second kappa shape index (κ2) is 4.29. The Morgan fingerprint density at radius 1 is 1.41 bits per heavy atom. The van der Waals surface area contributed by atoms with Gasteiger partial charge in [0.2, 0.25) is 5.91 Å². The Morgan fingerprint density at radius 2 is 2.18 bits per heavy atom. The van der Waals surface area contributed by atoms with Crippen LogP contribution in [0.2, 0.25) is 0 Å². The first-order chi connectivity index (χ1) is 8.10. The lowest BCUT2D eigenvalue weighted by Crippen LogP contribution is -2.09. The van der Waals surface area contributed by atoms with Crippen molar-refractivity contribution in [3.63, 3.8) is 0 Å². The summed E-state index contributed by atoms with van der Waals surface area (Å²) in [5.74, 6) is -0.287. The van der Waals surface area contributed by atoms with Gasteiger partial charge >= 0.3 is 5.63 Å². The Labute approximate surface area is 96.7 Å². The van der Waals surface area contributed by atoms with E-state index in [-0.39, 0.29) is 17.2 Å². The van der Waals surface area contributed by atoms with E-state index in [2.05, 4.69) is 5.32 Å². The molecule has 1 amide bonds. The molecular weight excluding hydrogens is 222 g/mol. The van der Waals surface area contributed by atoms with Crippen molar-refractivity contribution in [1.82, 2.24) is 0 Å². The number of fused-ring (bicyclic) bond motifs is 1. The Balaban J connectivity index is 2.50. The first-order valence-electron chi connectivity index (χ1n) is 5.17. The third-order valence-corrected chi connectivity index (χ3v) is 2.33. The van der Waals surface area contributed by atoms with Crippen LogP contribution in [0.3, 0.4) is 0 Å². The van der Waals surface area contributed by atoms with Crippen molar-refractivity contribution in [3.05, 3.63) is 34.7 Å². The zero-order chi connectivity index (χ0) is 12.4. The normalized spacial score (nSPS) is 10.4. The maximum Gasteiger partial charge on any atom is 0.339 e. The summed E-state index contributed by atoms with van der Waals surface area (Å²) in [6.45, 7) is 1.74.